The first-order chi connectivity index (χ1) is 14.0. The fourth-order valence-electron chi connectivity index (χ4n) is 3.25. The smallest absolute Gasteiger partial charge is 0.329 e. The Kier molecular flexibility index (Phi) is 7.21. The van der Waals surface area contributed by atoms with Crippen molar-refractivity contribution in [2.75, 3.05) is 31.6 Å². The number of benzene rings is 2. The lowest BCUT2D eigenvalue weighted by atomic mass is 10.1. The molecule has 0 atom stereocenters. The van der Waals surface area contributed by atoms with E-state index >= 15 is 0 Å². The minimum Gasteiger partial charge on any atom is -0.480 e. The summed E-state index contributed by atoms with van der Waals surface area (Å²) in [5.41, 5.74) is 1.84. The third-order valence-corrected chi connectivity index (χ3v) is 4.71. The lowest BCUT2D eigenvalue weighted by Crippen LogP contribution is -2.41. The van der Waals surface area contributed by atoms with Crippen LogP contribution >= 0.6 is 0 Å². The maximum absolute atomic E-state index is 12.3. The molecule has 3 rings (SSSR count). The summed E-state index contributed by atoms with van der Waals surface area (Å²) in [4.78, 5) is 24.9. The maximum Gasteiger partial charge on any atom is 0.329 e. The summed E-state index contributed by atoms with van der Waals surface area (Å²) < 4.78 is 11.1. The van der Waals surface area contributed by atoms with Gasteiger partial charge in [-0.25, -0.2) is 4.79 Å². The summed E-state index contributed by atoms with van der Waals surface area (Å²) in [6.07, 6.45) is 1.41. The first kappa shape index (κ1) is 20.8. The molecule has 1 aliphatic heterocycles. The number of carboxylic acids is 1. The second kappa shape index (κ2) is 10.0. The van der Waals surface area contributed by atoms with Gasteiger partial charge in [0.15, 0.2) is 0 Å². The molecule has 0 saturated carbocycles. The molecule has 1 fully saturated rings. The van der Waals surface area contributed by atoms with Crippen molar-refractivity contribution in [3.05, 3.63) is 54.1 Å². The number of hydrogen-bond acceptors (Lipinski definition) is 5. The van der Waals surface area contributed by atoms with Crippen LogP contribution in [0.4, 0.5) is 5.69 Å². The van der Waals surface area contributed by atoms with Crippen molar-refractivity contribution < 1.29 is 24.2 Å². The number of nitrogens with one attached hydrogen (secondary N) is 1. The number of aryl methyl sites for hydroxylation is 1. The van der Waals surface area contributed by atoms with Crippen LogP contribution in [0.2, 0.25) is 0 Å². The normalized spacial score (nSPS) is 15.1. The predicted molar refractivity (Wildman–Crippen MR) is 109 cm³/mol. The number of rotatable bonds is 8. The number of likely N-dealkylation sites (tertiary alicyclic amines) is 1. The summed E-state index contributed by atoms with van der Waals surface area (Å²) in [5.74, 6) is 0.443. The van der Waals surface area contributed by atoms with Crippen LogP contribution in [0.15, 0.2) is 48.5 Å². The molecule has 29 heavy (non-hydrogen) atoms. The van der Waals surface area contributed by atoms with Gasteiger partial charge in [0.2, 0.25) is 5.91 Å². The largest absolute Gasteiger partial charge is 0.480 e. The monoisotopic (exact) mass is 398 g/mol. The molecular formula is C22H26N2O5. The van der Waals surface area contributed by atoms with E-state index in [1.54, 1.807) is 0 Å². The third-order valence-electron chi connectivity index (χ3n) is 4.71. The van der Waals surface area contributed by atoms with E-state index in [0.717, 1.165) is 24.2 Å². The van der Waals surface area contributed by atoms with E-state index in [1.807, 2.05) is 60.4 Å². The van der Waals surface area contributed by atoms with Gasteiger partial charge in [-0.1, -0.05) is 12.1 Å². The number of anilines is 1. The van der Waals surface area contributed by atoms with Gasteiger partial charge in [0.05, 0.1) is 12.6 Å². The first-order valence-corrected chi connectivity index (χ1v) is 9.68. The second-order valence-corrected chi connectivity index (χ2v) is 7.17. The quantitative estimate of drug-likeness (QED) is 0.709. The van der Waals surface area contributed by atoms with Crippen molar-refractivity contribution in [1.82, 2.24) is 4.90 Å². The molecule has 0 aromatic heterocycles. The number of carbonyl (C=O) groups excluding carboxylic acids is 1. The van der Waals surface area contributed by atoms with Crippen molar-refractivity contribution >= 4 is 17.6 Å². The maximum atomic E-state index is 12.3. The summed E-state index contributed by atoms with van der Waals surface area (Å²) in [6, 6.07) is 15.1. The van der Waals surface area contributed by atoms with Crippen LogP contribution < -0.4 is 10.1 Å². The van der Waals surface area contributed by atoms with Crippen LogP contribution in [-0.2, 0) is 14.3 Å². The van der Waals surface area contributed by atoms with Gasteiger partial charge in [0.25, 0.3) is 0 Å². The molecule has 154 valence electrons. The van der Waals surface area contributed by atoms with Gasteiger partial charge in [-0.2, -0.15) is 0 Å². The van der Waals surface area contributed by atoms with E-state index in [4.69, 9.17) is 14.6 Å². The van der Waals surface area contributed by atoms with Crippen LogP contribution in [0.25, 0.3) is 0 Å². The summed E-state index contributed by atoms with van der Waals surface area (Å²) in [6.45, 7) is 3.46. The Morgan fingerprint density at radius 1 is 1.10 bits per heavy atom. The molecule has 0 radical (unpaired) electrons. The van der Waals surface area contributed by atoms with E-state index in [1.165, 1.54) is 0 Å². The predicted octanol–water partition coefficient (Wildman–Crippen LogP) is 3.29. The average molecular weight is 398 g/mol. The molecule has 1 saturated heterocycles. The summed E-state index contributed by atoms with van der Waals surface area (Å²) >= 11 is 0. The second-order valence-electron chi connectivity index (χ2n) is 7.17. The molecule has 7 nitrogen and oxygen atoms in total. The molecule has 2 aromatic rings. The number of amides is 1. The van der Waals surface area contributed by atoms with Crippen LogP contribution in [-0.4, -0.2) is 54.2 Å². The zero-order valence-corrected chi connectivity index (χ0v) is 16.5. The Labute approximate surface area is 170 Å². The van der Waals surface area contributed by atoms with Crippen LogP contribution in [0, 0.1) is 6.92 Å². The molecule has 1 amide bonds. The highest BCUT2D eigenvalue weighted by atomic mass is 16.5. The number of aliphatic carboxylic acids is 1. The third kappa shape index (κ3) is 6.89. The SMILES string of the molecule is Cc1cccc(Oc2ccc(NC(=O)CN3CCC(OCC(=O)O)CC3)cc2)c1. The van der Waals surface area contributed by atoms with Crippen molar-refractivity contribution in [3.63, 3.8) is 0 Å². The molecule has 0 spiro atoms. The van der Waals surface area contributed by atoms with Gasteiger partial charge in [-0.05, 0) is 61.7 Å². The van der Waals surface area contributed by atoms with Crippen LogP contribution in [0.5, 0.6) is 11.5 Å². The molecule has 0 bridgehead atoms. The minimum absolute atomic E-state index is 0.0497. The number of carboxylic acid groups (broad SMARTS) is 1. The van der Waals surface area contributed by atoms with Crippen LogP contribution in [0.1, 0.15) is 18.4 Å². The van der Waals surface area contributed by atoms with E-state index in [9.17, 15) is 9.59 Å². The van der Waals surface area contributed by atoms with Gasteiger partial charge in [0.1, 0.15) is 18.1 Å². The highest BCUT2D eigenvalue weighted by Gasteiger charge is 2.21. The number of piperidine rings is 1. The number of hydrogen-bond donors (Lipinski definition) is 2. The summed E-state index contributed by atoms with van der Waals surface area (Å²) in [7, 11) is 0. The molecule has 1 aliphatic rings. The Bertz CT molecular complexity index is 829. The van der Waals surface area contributed by atoms with Gasteiger partial charge < -0.3 is 19.9 Å². The highest BCUT2D eigenvalue weighted by molar-refractivity contribution is 5.92. The Hall–Kier alpha value is -2.90. The van der Waals surface area contributed by atoms with Gasteiger partial charge in [-0.15, -0.1) is 0 Å². The molecule has 2 aromatic carbocycles. The fraction of sp³-hybridized carbons (Fsp3) is 0.364. The lowest BCUT2D eigenvalue weighted by Gasteiger charge is -2.31. The molecule has 1 heterocycles. The molecule has 0 aliphatic carbocycles. The van der Waals surface area contributed by atoms with Gasteiger partial charge in [0, 0.05) is 18.8 Å². The van der Waals surface area contributed by atoms with Crippen molar-refractivity contribution in [2.24, 2.45) is 0 Å². The Morgan fingerprint density at radius 2 is 1.83 bits per heavy atom. The molecular weight excluding hydrogens is 372 g/mol. The van der Waals surface area contributed by atoms with Crippen molar-refractivity contribution in [2.45, 2.75) is 25.9 Å². The zero-order valence-electron chi connectivity index (χ0n) is 16.5. The van der Waals surface area contributed by atoms with E-state index in [-0.39, 0.29) is 18.6 Å². The standard InChI is InChI=1S/C22H26N2O5/c1-16-3-2-4-20(13-16)29-19-7-5-17(6-8-19)23-21(25)14-24-11-9-18(10-12-24)28-15-22(26)27/h2-8,13,18H,9-12,14-15H2,1H3,(H,23,25)(H,26,27). The first-order valence-electron chi connectivity index (χ1n) is 9.68. The van der Waals surface area contributed by atoms with Crippen LogP contribution in [0.3, 0.4) is 0 Å². The number of ether oxygens (including phenoxy) is 2. The highest BCUT2D eigenvalue weighted by Crippen LogP contribution is 2.23. The van der Waals surface area contributed by atoms with Gasteiger partial charge >= 0.3 is 5.97 Å². The Morgan fingerprint density at radius 3 is 2.48 bits per heavy atom. The molecule has 7 heteroatoms. The Balaban J connectivity index is 1.42. The van der Waals surface area contributed by atoms with E-state index in [0.29, 0.717) is 31.1 Å². The molecule has 2 N–H and O–H groups in total. The molecule has 0 unspecified atom stereocenters. The van der Waals surface area contributed by atoms with E-state index < -0.39 is 5.97 Å². The minimum atomic E-state index is -0.956. The van der Waals surface area contributed by atoms with E-state index in [2.05, 4.69) is 5.32 Å². The zero-order chi connectivity index (χ0) is 20.6. The topological polar surface area (TPSA) is 88.1 Å². The number of nitrogens with zero attached hydrogens (tertiary/aromatic N) is 1. The summed E-state index contributed by atoms with van der Waals surface area (Å²) in [5, 5.41) is 11.6. The average Bonchev–Trinajstić information content (AvgIpc) is 2.69. The number of carbonyl (C=O) groups is 2. The fourth-order valence-corrected chi connectivity index (χ4v) is 3.25. The lowest BCUT2D eigenvalue weighted by molar-refractivity contribution is -0.145. The van der Waals surface area contributed by atoms with Crippen molar-refractivity contribution in [1.29, 1.82) is 0 Å². The van der Waals surface area contributed by atoms with Gasteiger partial charge in [-0.3, -0.25) is 9.69 Å². The van der Waals surface area contributed by atoms with Crippen molar-refractivity contribution in [3.8, 4) is 11.5 Å².